The maximum absolute atomic E-state index is 12.6. The van der Waals surface area contributed by atoms with Crippen LogP contribution in [0.4, 0.5) is 5.00 Å². The van der Waals surface area contributed by atoms with Crippen molar-refractivity contribution in [2.75, 3.05) is 11.9 Å². The Bertz CT molecular complexity index is 1330. The normalized spacial score (nSPS) is 12.9. The fourth-order valence-corrected chi connectivity index (χ4v) is 5.52. The molecule has 9 heteroatoms. The highest BCUT2D eigenvalue weighted by molar-refractivity contribution is 7.17. The number of rotatable bonds is 8. The number of carbonyl (C=O) groups excluding carboxylic acids is 3. The van der Waals surface area contributed by atoms with E-state index in [0.717, 1.165) is 53.7 Å². The summed E-state index contributed by atoms with van der Waals surface area (Å²) in [5, 5.41) is 6.83. The molecule has 1 aliphatic carbocycles. The summed E-state index contributed by atoms with van der Waals surface area (Å²) in [6.45, 7) is 4.46. The summed E-state index contributed by atoms with van der Waals surface area (Å²) >= 11 is 1.34. The van der Waals surface area contributed by atoms with Crippen LogP contribution in [0, 0.1) is 6.92 Å². The molecule has 1 aromatic heterocycles. The monoisotopic (exact) mass is 533 g/mol. The number of anilines is 1. The Labute approximate surface area is 226 Å². The summed E-state index contributed by atoms with van der Waals surface area (Å²) < 4.78 is 11.0. The first-order chi connectivity index (χ1) is 18.4. The third kappa shape index (κ3) is 7.07. The summed E-state index contributed by atoms with van der Waals surface area (Å²) in [6, 6.07) is 15.3. The maximum Gasteiger partial charge on any atom is 0.341 e. The molecule has 0 radical (unpaired) electrons. The summed E-state index contributed by atoms with van der Waals surface area (Å²) in [4.78, 5) is 38.6. The highest BCUT2D eigenvalue weighted by Crippen LogP contribution is 2.38. The van der Waals surface area contributed by atoms with Crippen LogP contribution in [0.1, 0.15) is 63.7 Å². The van der Waals surface area contributed by atoms with Crippen LogP contribution in [0.15, 0.2) is 53.6 Å². The zero-order chi connectivity index (χ0) is 26.9. The van der Waals surface area contributed by atoms with E-state index in [1.54, 1.807) is 19.1 Å². The van der Waals surface area contributed by atoms with Gasteiger partial charge >= 0.3 is 17.8 Å². The van der Waals surface area contributed by atoms with E-state index < -0.39 is 17.8 Å². The Hall–Kier alpha value is -3.98. The molecule has 8 nitrogen and oxygen atoms in total. The number of fused-ring (bicyclic) bond motifs is 1. The third-order valence-electron chi connectivity index (χ3n) is 6.08. The molecule has 2 amide bonds. The number of thiophene rings is 1. The van der Waals surface area contributed by atoms with Gasteiger partial charge in [-0.3, -0.25) is 9.59 Å². The van der Waals surface area contributed by atoms with Crippen molar-refractivity contribution in [3.8, 4) is 5.75 Å². The Morgan fingerprint density at radius 3 is 2.58 bits per heavy atom. The Morgan fingerprint density at radius 1 is 1.03 bits per heavy atom. The van der Waals surface area contributed by atoms with Gasteiger partial charge in [0.2, 0.25) is 0 Å². The smallest absolute Gasteiger partial charge is 0.341 e. The molecule has 0 atom stereocenters. The molecule has 2 aromatic carbocycles. The van der Waals surface area contributed by atoms with Crippen LogP contribution < -0.4 is 15.5 Å². The van der Waals surface area contributed by atoms with Crippen molar-refractivity contribution < 1.29 is 23.9 Å². The molecule has 1 aliphatic rings. The first-order valence-electron chi connectivity index (χ1n) is 12.7. The molecule has 198 valence electrons. The van der Waals surface area contributed by atoms with Crippen molar-refractivity contribution in [1.29, 1.82) is 0 Å². The third-order valence-corrected chi connectivity index (χ3v) is 7.29. The van der Waals surface area contributed by atoms with E-state index in [4.69, 9.17) is 9.47 Å². The lowest BCUT2D eigenvalue weighted by atomic mass is 10.1. The van der Waals surface area contributed by atoms with Crippen LogP contribution in [-0.2, 0) is 33.8 Å². The summed E-state index contributed by atoms with van der Waals surface area (Å²) in [5.74, 6) is -1.60. The number of nitrogens with zero attached hydrogens (tertiary/aromatic N) is 1. The van der Waals surface area contributed by atoms with Gasteiger partial charge in [-0.05, 0) is 80.5 Å². The van der Waals surface area contributed by atoms with Crippen molar-refractivity contribution in [2.24, 2.45) is 5.10 Å². The summed E-state index contributed by atoms with van der Waals surface area (Å²) in [5.41, 5.74) is 6.51. The minimum Gasteiger partial charge on any atom is -0.489 e. The topological polar surface area (TPSA) is 106 Å². The lowest BCUT2D eigenvalue weighted by molar-refractivity contribution is -0.136. The molecular formula is C29H31N3O5S. The van der Waals surface area contributed by atoms with E-state index in [-0.39, 0.29) is 6.61 Å². The van der Waals surface area contributed by atoms with E-state index in [0.29, 0.717) is 22.9 Å². The van der Waals surface area contributed by atoms with Crippen molar-refractivity contribution in [2.45, 2.75) is 52.6 Å². The van der Waals surface area contributed by atoms with Gasteiger partial charge in [-0.25, -0.2) is 10.2 Å². The predicted octanol–water partition coefficient (Wildman–Crippen LogP) is 5.17. The minimum absolute atomic E-state index is 0.228. The number of hydrazone groups is 1. The van der Waals surface area contributed by atoms with E-state index in [9.17, 15) is 14.4 Å². The average molecular weight is 534 g/mol. The van der Waals surface area contributed by atoms with Gasteiger partial charge in [0.1, 0.15) is 17.4 Å². The average Bonchev–Trinajstić information content (AvgIpc) is 3.08. The lowest BCUT2D eigenvalue weighted by Gasteiger charge is -2.08. The van der Waals surface area contributed by atoms with Gasteiger partial charge in [0, 0.05) is 4.88 Å². The Kier molecular flexibility index (Phi) is 9.26. The zero-order valence-corrected chi connectivity index (χ0v) is 22.4. The number of amides is 2. The van der Waals surface area contributed by atoms with Gasteiger partial charge in [0.05, 0.1) is 18.4 Å². The van der Waals surface area contributed by atoms with E-state index in [1.807, 2.05) is 37.3 Å². The number of benzene rings is 2. The van der Waals surface area contributed by atoms with Crippen LogP contribution >= 0.6 is 11.3 Å². The molecular weight excluding hydrogens is 502 g/mol. The van der Waals surface area contributed by atoms with Crippen molar-refractivity contribution in [1.82, 2.24) is 5.43 Å². The predicted molar refractivity (Wildman–Crippen MR) is 148 cm³/mol. The zero-order valence-electron chi connectivity index (χ0n) is 21.5. The van der Waals surface area contributed by atoms with Gasteiger partial charge in [-0.2, -0.15) is 5.10 Å². The largest absolute Gasteiger partial charge is 0.489 e. The molecule has 0 aliphatic heterocycles. The second kappa shape index (κ2) is 13.0. The number of hydrogen-bond donors (Lipinski definition) is 2. The Balaban J connectivity index is 1.33. The molecule has 1 heterocycles. The quantitative estimate of drug-likeness (QED) is 0.137. The number of ether oxygens (including phenoxy) is 2. The fraction of sp³-hybridized carbons (Fsp3) is 0.310. The SMILES string of the molecule is CCOC(=O)c1c(NC(=O)C(=O)N/N=C/c2ccc(OCc3cccc(C)c3)cc2)sc2c1CCCCC2. The fourth-order valence-electron chi connectivity index (χ4n) is 4.24. The van der Waals surface area contributed by atoms with Crippen LogP contribution in [-0.4, -0.2) is 30.6 Å². The molecule has 4 rings (SSSR count). The molecule has 0 bridgehead atoms. The van der Waals surface area contributed by atoms with E-state index in [1.165, 1.54) is 23.1 Å². The first kappa shape index (κ1) is 27.1. The maximum atomic E-state index is 12.6. The van der Waals surface area contributed by atoms with Crippen molar-refractivity contribution >= 4 is 40.3 Å². The highest BCUT2D eigenvalue weighted by atomic mass is 32.1. The molecule has 3 aromatic rings. The number of aryl methyl sites for hydroxylation is 2. The number of esters is 1. The van der Waals surface area contributed by atoms with Gasteiger partial charge in [-0.1, -0.05) is 36.2 Å². The van der Waals surface area contributed by atoms with E-state index >= 15 is 0 Å². The van der Waals surface area contributed by atoms with Gasteiger partial charge in [-0.15, -0.1) is 11.3 Å². The highest BCUT2D eigenvalue weighted by Gasteiger charge is 2.27. The first-order valence-corrected chi connectivity index (χ1v) is 13.5. The van der Waals surface area contributed by atoms with Crippen molar-refractivity contribution in [3.05, 3.63) is 81.2 Å². The van der Waals surface area contributed by atoms with Crippen LogP contribution in [0.25, 0.3) is 0 Å². The molecule has 2 N–H and O–H groups in total. The number of carbonyl (C=O) groups is 3. The van der Waals surface area contributed by atoms with Gasteiger partial charge in [0.25, 0.3) is 0 Å². The molecule has 0 fully saturated rings. The summed E-state index contributed by atoms with van der Waals surface area (Å²) in [6.07, 6.45) is 6.12. The van der Waals surface area contributed by atoms with Crippen LogP contribution in [0.3, 0.4) is 0 Å². The number of hydrogen-bond acceptors (Lipinski definition) is 7. The second-order valence-electron chi connectivity index (χ2n) is 8.99. The molecule has 0 saturated carbocycles. The van der Waals surface area contributed by atoms with Crippen molar-refractivity contribution in [3.63, 3.8) is 0 Å². The molecule has 0 spiro atoms. The molecule has 0 unspecified atom stereocenters. The standard InChI is InChI=1S/C29H31N3O5S/c1-3-36-29(35)25-23-10-5-4-6-11-24(23)38-28(25)31-26(33)27(34)32-30-17-20-12-14-22(15-13-20)37-18-21-9-7-8-19(2)16-21/h7-9,12-17H,3-6,10-11,18H2,1-2H3,(H,31,33)(H,32,34)/b30-17+. The Morgan fingerprint density at radius 2 is 1.82 bits per heavy atom. The molecule has 0 saturated heterocycles. The number of nitrogens with one attached hydrogen (secondary N) is 2. The van der Waals surface area contributed by atoms with Gasteiger partial charge < -0.3 is 14.8 Å². The second-order valence-corrected chi connectivity index (χ2v) is 10.1. The van der Waals surface area contributed by atoms with Crippen LogP contribution in [0.2, 0.25) is 0 Å². The minimum atomic E-state index is -0.933. The van der Waals surface area contributed by atoms with Crippen LogP contribution in [0.5, 0.6) is 5.75 Å². The van der Waals surface area contributed by atoms with E-state index in [2.05, 4.69) is 21.9 Å². The lowest BCUT2D eigenvalue weighted by Crippen LogP contribution is -2.32. The molecule has 38 heavy (non-hydrogen) atoms. The van der Waals surface area contributed by atoms with Gasteiger partial charge in [0.15, 0.2) is 0 Å². The summed E-state index contributed by atoms with van der Waals surface area (Å²) in [7, 11) is 0.